The molecular formula is C16H13BrN4O2. The molecule has 0 aliphatic heterocycles. The van der Waals surface area contributed by atoms with Crippen molar-refractivity contribution in [2.75, 3.05) is 11.9 Å². The summed E-state index contributed by atoms with van der Waals surface area (Å²) >= 11 is 3.35. The average Bonchev–Trinajstić information content (AvgIpc) is 3.09. The van der Waals surface area contributed by atoms with Crippen LogP contribution in [0.1, 0.15) is 0 Å². The molecule has 0 aliphatic rings. The molecule has 1 aromatic heterocycles. The predicted molar refractivity (Wildman–Crippen MR) is 89.6 cm³/mol. The third kappa shape index (κ3) is 3.95. The van der Waals surface area contributed by atoms with Gasteiger partial charge in [-0.15, -0.1) is 0 Å². The van der Waals surface area contributed by atoms with Crippen LogP contribution in [0.5, 0.6) is 5.75 Å². The van der Waals surface area contributed by atoms with Crippen molar-refractivity contribution in [1.29, 1.82) is 0 Å². The average molecular weight is 373 g/mol. The van der Waals surface area contributed by atoms with Crippen molar-refractivity contribution >= 4 is 27.5 Å². The minimum absolute atomic E-state index is 0.0761. The molecule has 116 valence electrons. The molecule has 0 saturated heterocycles. The summed E-state index contributed by atoms with van der Waals surface area (Å²) in [5.74, 6) is 0.383. The fourth-order valence-corrected chi connectivity index (χ4v) is 2.24. The Balaban J connectivity index is 1.65. The number of aromatic nitrogens is 3. The molecule has 0 fully saturated rings. The number of carbonyl (C=O) groups excluding carboxylic acids is 1. The number of hydrogen-bond donors (Lipinski definition) is 1. The highest BCUT2D eigenvalue weighted by molar-refractivity contribution is 9.10. The zero-order valence-electron chi connectivity index (χ0n) is 12.0. The van der Waals surface area contributed by atoms with E-state index in [9.17, 15) is 4.79 Å². The van der Waals surface area contributed by atoms with Crippen LogP contribution < -0.4 is 10.1 Å². The highest BCUT2D eigenvalue weighted by Crippen LogP contribution is 2.19. The van der Waals surface area contributed by atoms with E-state index in [1.54, 1.807) is 29.2 Å². The maximum atomic E-state index is 12.1. The molecular weight excluding hydrogens is 360 g/mol. The van der Waals surface area contributed by atoms with E-state index in [2.05, 4.69) is 31.3 Å². The van der Waals surface area contributed by atoms with Crippen LogP contribution in [-0.4, -0.2) is 27.3 Å². The fraction of sp³-hybridized carbons (Fsp3) is 0.0625. The van der Waals surface area contributed by atoms with Gasteiger partial charge >= 0.3 is 0 Å². The van der Waals surface area contributed by atoms with Crippen LogP contribution in [0.25, 0.3) is 5.69 Å². The zero-order chi connectivity index (χ0) is 16.1. The molecule has 2 aromatic carbocycles. The number of anilines is 1. The van der Waals surface area contributed by atoms with Crippen LogP contribution in [0.15, 0.2) is 65.7 Å². The van der Waals surface area contributed by atoms with Crippen molar-refractivity contribution in [1.82, 2.24) is 14.8 Å². The molecule has 23 heavy (non-hydrogen) atoms. The normalized spacial score (nSPS) is 10.3. The van der Waals surface area contributed by atoms with Gasteiger partial charge in [-0.25, -0.2) is 9.67 Å². The Morgan fingerprint density at radius 2 is 1.96 bits per heavy atom. The Morgan fingerprint density at radius 3 is 2.70 bits per heavy atom. The van der Waals surface area contributed by atoms with Crippen molar-refractivity contribution in [2.24, 2.45) is 0 Å². The minimum atomic E-state index is -0.250. The highest BCUT2D eigenvalue weighted by Gasteiger charge is 2.09. The molecule has 7 heteroatoms. The zero-order valence-corrected chi connectivity index (χ0v) is 13.6. The molecule has 1 N–H and O–H groups in total. The maximum absolute atomic E-state index is 12.1. The summed E-state index contributed by atoms with van der Waals surface area (Å²) in [6.45, 7) is -0.0761. The van der Waals surface area contributed by atoms with Crippen LogP contribution >= 0.6 is 15.9 Å². The SMILES string of the molecule is O=C(COc1ccc(Br)cc1)Nc1ccccc1-n1cncn1. The third-order valence-corrected chi connectivity index (χ3v) is 3.56. The number of hydrogen-bond acceptors (Lipinski definition) is 4. The first-order valence-corrected chi connectivity index (χ1v) is 7.64. The van der Waals surface area contributed by atoms with Crippen molar-refractivity contribution < 1.29 is 9.53 Å². The largest absolute Gasteiger partial charge is 0.484 e. The Bertz CT molecular complexity index is 788. The number of halogens is 1. The number of benzene rings is 2. The minimum Gasteiger partial charge on any atom is -0.484 e. The molecule has 3 rings (SSSR count). The van der Waals surface area contributed by atoms with E-state index in [0.717, 1.165) is 10.2 Å². The molecule has 6 nitrogen and oxygen atoms in total. The first-order valence-electron chi connectivity index (χ1n) is 6.84. The van der Waals surface area contributed by atoms with Crippen LogP contribution in [0.4, 0.5) is 5.69 Å². The van der Waals surface area contributed by atoms with E-state index in [0.29, 0.717) is 11.4 Å². The Morgan fingerprint density at radius 1 is 1.17 bits per heavy atom. The first-order chi connectivity index (χ1) is 11.2. The van der Waals surface area contributed by atoms with Crippen LogP contribution in [0.2, 0.25) is 0 Å². The van der Waals surface area contributed by atoms with E-state index >= 15 is 0 Å². The van der Waals surface area contributed by atoms with E-state index in [1.807, 2.05) is 30.3 Å². The molecule has 0 aliphatic carbocycles. The topological polar surface area (TPSA) is 69.0 Å². The Labute approximate surface area is 141 Å². The fourth-order valence-electron chi connectivity index (χ4n) is 1.98. The van der Waals surface area contributed by atoms with Gasteiger partial charge < -0.3 is 10.1 Å². The Kier molecular flexibility index (Phi) is 4.68. The van der Waals surface area contributed by atoms with Crippen molar-refractivity contribution in [2.45, 2.75) is 0 Å². The van der Waals surface area contributed by atoms with Gasteiger partial charge in [0.2, 0.25) is 0 Å². The lowest BCUT2D eigenvalue weighted by Gasteiger charge is -2.11. The van der Waals surface area contributed by atoms with Crippen molar-refractivity contribution in [3.05, 3.63) is 65.7 Å². The molecule has 1 heterocycles. The second kappa shape index (κ2) is 7.06. The predicted octanol–water partition coefficient (Wildman–Crippen LogP) is 3.05. The lowest BCUT2D eigenvalue weighted by Crippen LogP contribution is -2.21. The maximum Gasteiger partial charge on any atom is 0.262 e. The molecule has 0 bridgehead atoms. The first kappa shape index (κ1) is 15.2. The van der Waals surface area contributed by atoms with E-state index in [-0.39, 0.29) is 12.5 Å². The summed E-state index contributed by atoms with van der Waals surface area (Å²) in [6.07, 6.45) is 3.01. The molecule has 0 spiro atoms. The second-order valence-electron chi connectivity index (χ2n) is 4.65. The standard InChI is InChI=1S/C16H13BrN4O2/c17-12-5-7-13(8-6-12)23-9-16(22)20-14-3-1-2-4-15(14)21-11-18-10-19-21/h1-8,10-11H,9H2,(H,20,22). The highest BCUT2D eigenvalue weighted by atomic mass is 79.9. The van der Waals surface area contributed by atoms with Gasteiger partial charge in [-0.2, -0.15) is 5.10 Å². The quantitative estimate of drug-likeness (QED) is 0.747. The third-order valence-electron chi connectivity index (χ3n) is 3.03. The summed E-state index contributed by atoms with van der Waals surface area (Å²) in [5, 5.41) is 6.89. The summed E-state index contributed by atoms with van der Waals surface area (Å²) in [6, 6.07) is 14.6. The van der Waals surface area contributed by atoms with E-state index in [1.165, 1.54) is 6.33 Å². The monoisotopic (exact) mass is 372 g/mol. The molecule has 3 aromatic rings. The molecule has 0 saturated carbocycles. The van der Waals surface area contributed by atoms with Crippen molar-refractivity contribution in [3.63, 3.8) is 0 Å². The Hall–Kier alpha value is -2.67. The summed E-state index contributed by atoms with van der Waals surface area (Å²) < 4.78 is 8.00. The lowest BCUT2D eigenvalue weighted by molar-refractivity contribution is -0.118. The van der Waals surface area contributed by atoms with Gasteiger partial charge in [0.1, 0.15) is 18.4 Å². The lowest BCUT2D eigenvalue weighted by atomic mass is 10.2. The number of ether oxygens (including phenoxy) is 1. The molecule has 0 atom stereocenters. The number of rotatable bonds is 5. The number of amides is 1. The van der Waals surface area contributed by atoms with E-state index in [4.69, 9.17) is 4.74 Å². The van der Waals surface area contributed by atoms with Gasteiger partial charge in [0.25, 0.3) is 5.91 Å². The smallest absolute Gasteiger partial charge is 0.262 e. The van der Waals surface area contributed by atoms with Gasteiger partial charge in [0.15, 0.2) is 6.61 Å². The van der Waals surface area contributed by atoms with Gasteiger partial charge in [-0.1, -0.05) is 28.1 Å². The van der Waals surface area contributed by atoms with Crippen LogP contribution in [-0.2, 0) is 4.79 Å². The molecule has 1 amide bonds. The van der Waals surface area contributed by atoms with Crippen molar-refractivity contribution in [3.8, 4) is 11.4 Å². The van der Waals surface area contributed by atoms with Gasteiger partial charge in [0.05, 0.1) is 11.4 Å². The number of para-hydroxylation sites is 2. The van der Waals surface area contributed by atoms with Crippen LogP contribution in [0, 0.1) is 0 Å². The van der Waals surface area contributed by atoms with Gasteiger partial charge in [-0.05, 0) is 36.4 Å². The molecule has 0 unspecified atom stereocenters. The second-order valence-corrected chi connectivity index (χ2v) is 5.56. The summed E-state index contributed by atoms with van der Waals surface area (Å²) in [5.41, 5.74) is 1.38. The van der Waals surface area contributed by atoms with E-state index < -0.39 is 0 Å². The summed E-state index contributed by atoms with van der Waals surface area (Å²) in [4.78, 5) is 16.0. The molecule has 0 radical (unpaired) electrons. The van der Waals surface area contributed by atoms with Crippen LogP contribution in [0.3, 0.4) is 0 Å². The van der Waals surface area contributed by atoms with Gasteiger partial charge in [0, 0.05) is 4.47 Å². The number of nitrogens with zero attached hydrogens (tertiary/aromatic N) is 3. The van der Waals surface area contributed by atoms with Gasteiger partial charge in [-0.3, -0.25) is 4.79 Å². The number of nitrogens with one attached hydrogen (secondary N) is 1. The number of carbonyl (C=O) groups is 1. The summed E-state index contributed by atoms with van der Waals surface area (Å²) in [7, 11) is 0.